The first-order valence-electron chi connectivity index (χ1n) is 8.51. The van der Waals surface area contributed by atoms with Crippen molar-refractivity contribution in [2.75, 3.05) is 37.2 Å². The van der Waals surface area contributed by atoms with Crippen molar-refractivity contribution < 1.29 is 8.42 Å². The van der Waals surface area contributed by atoms with E-state index in [0.29, 0.717) is 5.69 Å². The van der Waals surface area contributed by atoms with Crippen LogP contribution in [0.2, 0.25) is 0 Å². The molecule has 5 nitrogen and oxygen atoms in total. The van der Waals surface area contributed by atoms with Gasteiger partial charge in [-0.2, -0.15) is 0 Å². The SMILES string of the molecule is CCc1ccc(S(=O)(=O)Nc2ccc(NCCCN(C)C)cc2)cc1. The largest absolute Gasteiger partial charge is 0.385 e. The average molecular weight is 362 g/mol. The minimum Gasteiger partial charge on any atom is -0.385 e. The first-order valence-corrected chi connectivity index (χ1v) is 9.99. The fraction of sp³-hybridized carbons (Fsp3) is 0.368. The molecule has 0 saturated heterocycles. The third-order valence-electron chi connectivity index (χ3n) is 3.89. The fourth-order valence-corrected chi connectivity index (χ4v) is 3.46. The van der Waals surface area contributed by atoms with Gasteiger partial charge in [0, 0.05) is 17.9 Å². The van der Waals surface area contributed by atoms with Crippen LogP contribution >= 0.6 is 0 Å². The van der Waals surface area contributed by atoms with Gasteiger partial charge in [0.2, 0.25) is 0 Å². The quantitative estimate of drug-likeness (QED) is 0.672. The highest BCUT2D eigenvalue weighted by molar-refractivity contribution is 7.92. The third-order valence-corrected chi connectivity index (χ3v) is 5.29. The Kier molecular flexibility index (Phi) is 6.84. The van der Waals surface area contributed by atoms with Gasteiger partial charge in [-0.1, -0.05) is 19.1 Å². The van der Waals surface area contributed by atoms with Gasteiger partial charge in [-0.05, 0) is 75.4 Å². The summed E-state index contributed by atoms with van der Waals surface area (Å²) in [7, 11) is 0.547. The number of nitrogens with zero attached hydrogens (tertiary/aromatic N) is 1. The zero-order chi connectivity index (χ0) is 18.3. The van der Waals surface area contributed by atoms with Gasteiger partial charge in [0.15, 0.2) is 0 Å². The molecule has 2 rings (SSSR count). The lowest BCUT2D eigenvalue weighted by molar-refractivity contribution is 0.405. The highest BCUT2D eigenvalue weighted by Crippen LogP contribution is 2.19. The second kappa shape index (κ2) is 8.87. The molecule has 2 aromatic carbocycles. The van der Waals surface area contributed by atoms with Crippen molar-refractivity contribution in [3.05, 3.63) is 54.1 Å². The number of rotatable bonds is 9. The van der Waals surface area contributed by atoms with E-state index in [0.717, 1.165) is 37.2 Å². The average Bonchev–Trinajstić information content (AvgIpc) is 2.60. The van der Waals surface area contributed by atoms with Crippen molar-refractivity contribution in [1.82, 2.24) is 4.90 Å². The molecule has 2 aromatic rings. The molecule has 136 valence electrons. The third kappa shape index (κ3) is 6.07. The molecule has 0 amide bonds. The normalized spacial score (nSPS) is 11.5. The van der Waals surface area contributed by atoms with Crippen LogP contribution in [0.15, 0.2) is 53.4 Å². The van der Waals surface area contributed by atoms with Crippen LogP contribution in [0.4, 0.5) is 11.4 Å². The topological polar surface area (TPSA) is 61.4 Å². The van der Waals surface area contributed by atoms with E-state index in [9.17, 15) is 8.42 Å². The van der Waals surface area contributed by atoms with Gasteiger partial charge < -0.3 is 10.2 Å². The van der Waals surface area contributed by atoms with Crippen molar-refractivity contribution >= 4 is 21.4 Å². The number of benzene rings is 2. The van der Waals surface area contributed by atoms with Gasteiger partial charge in [-0.3, -0.25) is 4.72 Å². The molecule has 0 aromatic heterocycles. The summed E-state index contributed by atoms with van der Waals surface area (Å²) in [5.41, 5.74) is 2.65. The number of nitrogens with one attached hydrogen (secondary N) is 2. The van der Waals surface area contributed by atoms with Gasteiger partial charge >= 0.3 is 0 Å². The lowest BCUT2D eigenvalue weighted by Crippen LogP contribution is -2.16. The number of hydrogen-bond acceptors (Lipinski definition) is 4. The summed E-state index contributed by atoms with van der Waals surface area (Å²) in [5, 5.41) is 3.33. The van der Waals surface area contributed by atoms with Crippen molar-refractivity contribution in [2.24, 2.45) is 0 Å². The molecule has 0 aliphatic heterocycles. The van der Waals surface area contributed by atoms with Gasteiger partial charge in [-0.15, -0.1) is 0 Å². The second-order valence-corrected chi connectivity index (χ2v) is 7.95. The van der Waals surface area contributed by atoms with E-state index < -0.39 is 10.0 Å². The summed E-state index contributed by atoms with van der Waals surface area (Å²) in [4.78, 5) is 2.42. The summed E-state index contributed by atoms with van der Waals surface area (Å²) >= 11 is 0. The highest BCUT2D eigenvalue weighted by Gasteiger charge is 2.13. The summed E-state index contributed by atoms with van der Waals surface area (Å²) in [6, 6.07) is 14.3. The van der Waals surface area contributed by atoms with E-state index in [1.54, 1.807) is 24.3 Å². The molecule has 0 radical (unpaired) electrons. The molecule has 0 heterocycles. The fourth-order valence-electron chi connectivity index (χ4n) is 2.40. The highest BCUT2D eigenvalue weighted by atomic mass is 32.2. The minimum atomic E-state index is -3.56. The van der Waals surface area contributed by atoms with E-state index >= 15 is 0 Å². The molecule has 25 heavy (non-hydrogen) atoms. The van der Waals surface area contributed by atoms with E-state index in [1.165, 1.54) is 0 Å². The maximum Gasteiger partial charge on any atom is 0.261 e. The molecule has 0 fully saturated rings. The maximum absolute atomic E-state index is 12.4. The Balaban J connectivity index is 1.95. The summed E-state index contributed by atoms with van der Waals surface area (Å²) < 4.78 is 27.5. The molecule has 0 aliphatic carbocycles. The second-order valence-electron chi connectivity index (χ2n) is 6.26. The Hall–Kier alpha value is -2.05. The Morgan fingerprint density at radius 1 is 0.920 bits per heavy atom. The lowest BCUT2D eigenvalue weighted by Gasteiger charge is -2.12. The Morgan fingerprint density at radius 2 is 1.52 bits per heavy atom. The number of hydrogen-bond donors (Lipinski definition) is 2. The molecule has 6 heteroatoms. The van der Waals surface area contributed by atoms with Gasteiger partial charge in [0.1, 0.15) is 0 Å². The van der Waals surface area contributed by atoms with Crippen LogP contribution < -0.4 is 10.0 Å². The molecule has 0 spiro atoms. The zero-order valence-electron chi connectivity index (χ0n) is 15.1. The zero-order valence-corrected chi connectivity index (χ0v) is 15.9. The van der Waals surface area contributed by atoms with E-state index in [4.69, 9.17) is 0 Å². The molecule has 0 saturated carbocycles. The first kappa shape index (κ1) is 19.3. The summed E-state index contributed by atoms with van der Waals surface area (Å²) in [6.45, 7) is 3.95. The van der Waals surface area contributed by atoms with E-state index in [2.05, 4.69) is 29.0 Å². The van der Waals surface area contributed by atoms with Crippen LogP contribution in [0.25, 0.3) is 0 Å². The predicted octanol–water partition coefficient (Wildman–Crippen LogP) is 3.41. The summed E-state index contributed by atoms with van der Waals surface area (Å²) in [6.07, 6.45) is 1.94. The maximum atomic E-state index is 12.4. The number of aryl methyl sites for hydroxylation is 1. The Labute approximate surface area is 151 Å². The monoisotopic (exact) mass is 361 g/mol. The Morgan fingerprint density at radius 3 is 2.08 bits per heavy atom. The van der Waals surface area contributed by atoms with Gasteiger partial charge in [-0.25, -0.2) is 8.42 Å². The van der Waals surface area contributed by atoms with Crippen molar-refractivity contribution in [1.29, 1.82) is 0 Å². The standard InChI is InChI=1S/C19H27N3O2S/c1-4-16-6-12-19(13-7-16)25(23,24)21-18-10-8-17(9-11-18)20-14-5-15-22(2)3/h6-13,20-21H,4-5,14-15H2,1-3H3. The van der Waals surface area contributed by atoms with Crippen LogP contribution in [-0.4, -0.2) is 40.5 Å². The minimum absolute atomic E-state index is 0.274. The molecular formula is C19H27N3O2S. The Bertz CT molecular complexity index is 754. The first-order chi connectivity index (χ1) is 11.9. The molecule has 2 N–H and O–H groups in total. The smallest absolute Gasteiger partial charge is 0.261 e. The molecule has 0 bridgehead atoms. The van der Waals surface area contributed by atoms with Crippen LogP contribution in [0.1, 0.15) is 18.9 Å². The van der Waals surface area contributed by atoms with E-state index in [-0.39, 0.29) is 4.90 Å². The van der Waals surface area contributed by atoms with Gasteiger partial charge in [0.25, 0.3) is 10.0 Å². The van der Waals surface area contributed by atoms with Gasteiger partial charge in [0.05, 0.1) is 4.90 Å². The molecule has 0 unspecified atom stereocenters. The number of anilines is 2. The van der Waals surface area contributed by atoms with E-state index in [1.807, 2.05) is 31.2 Å². The van der Waals surface area contributed by atoms with Crippen LogP contribution in [0, 0.1) is 0 Å². The summed E-state index contributed by atoms with van der Waals surface area (Å²) in [5.74, 6) is 0. The molecule has 0 atom stereocenters. The van der Waals surface area contributed by atoms with Crippen LogP contribution in [0.5, 0.6) is 0 Å². The van der Waals surface area contributed by atoms with Crippen molar-refractivity contribution in [3.63, 3.8) is 0 Å². The van der Waals surface area contributed by atoms with Crippen molar-refractivity contribution in [2.45, 2.75) is 24.7 Å². The van der Waals surface area contributed by atoms with Crippen LogP contribution in [-0.2, 0) is 16.4 Å². The lowest BCUT2D eigenvalue weighted by atomic mass is 10.2. The molecule has 0 aliphatic rings. The predicted molar refractivity (Wildman–Crippen MR) is 105 cm³/mol. The molecular weight excluding hydrogens is 334 g/mol. The van der Waals surface area contributed by atoms with Crippen molar-refractivity contribution in [3.8, 4) is 0 Å². The van der Waals surface area contributed by atoms with Crippen LogP contribution in [0.3, 0.4) is 0 Å². The number of sulfonamides is 1.